The van der Waals surface area contributed by atoms with Crippen molar-refractivity contribution in [3.8, 4) is 11.4 Å². The summed E-state index contributed by atoms with van der Waals surface area (Å²) < 4.78 is 0. The first-order valence-electron chi connectivity index (χ1n) is 5.41. The molecule has 0 amide bonds. The molecule has 0 unspecified atom stereocenters. The summed E-state index contributed by atoms with van der Waals surface area (Å²) in [5, 5.41) is 0. The van der Waals surface area contributed by atoms with E-state index < -0.39 is 0 Å². The van der Waals surface area contributed by atoms with E-state index in [4.69, 9.17) is 0 Å². The van der Waals surface area contributed by atoms with Crippen LogP contribution in [0.5, 0.6) is 0 Å². The molecule has 15 heavy (non-hydrogen) atoms. The zero-order valence-electron chi connectivity index (χ0n) is 9.25. The topological polar surface area (TPSA) is 28.7 Å². The zero-order valence-corrected chi connectivity index (χ0v) is 9.25. The predicted octanol–water partition coefficient (Wildman–Crippen LogP) is 3.34. The molecule has 1 aromatic carbocycles. The maximum Gasteiger partial charge on any atom is 0.137 e. The Kier molecular flexibility index (Phi) is 2.86. The highest BCUT2D eigenvalue weighted by Crippen LogP contribution is 2.25. The van der Waals surface area contributed by atoms with Gasteiger partial charge in [0.15, 0.2) is 0 Å². The van der Waals surface area contributed by atoms with E-state index in [-0.39, 0.29) is 0 Å². The number of hydrogen-bond donors (Lipinski definition) is 1. The lowest BCUT2D eigenvalue weighted by Crippen LogP contribution is -1.93. The van der Waals surface area contributed by atoms with Crippen LogP contribution in [-0.2, 0) is 6.42 Å². The van der Waals surface area contributed by atoms with Crippen molar-refractivity contribution in [1.82, 2.24) is 9.97 Å². The van der Waals surface area contributed by atoms with E-state index in [0.717, 1.165) is 18.7 Å². The van der Waals surface area contributed by atoms with Crippen LogP contribution in [0.4, 0.5) is 0 Å². The molecule has 2 aromatic rings. The third-order valence-electron chi connectivity index (χ3n) is 2.61. The monoisotopic (exact) mass is 200 g/mol. The van der Waals surface area contributed by atoms with Gasteiger partial charge in [-0.1, -0.05) is 31.5 Å². The average Bonchev–Trinajstić information content (AvgIpc) is 2.71. The Labute approximate surface area is 90.4 Å². The number of aromatic nitrogens is 2. The predicted molar refractivity (Wildman–Crippen MR) is 62.8 cm³/mol. The second-order valence-electron chi connectivity index (χ2n) is 3.80. The van der Waals surface area contributed by atoms with E-state index in [1.807, 2.05) is 6.20 Å². The van der Waals surface area contributed by atoms with Crippen molar-refractivity contribution >= 4 is 0 Å². The SMILES string of the molecule is CCCc1cccc(C)c1-c1ncc[nH]1. The third kappa shape index (κ3) is 1.94. The molecule has 1 heterocycles. The summed E-state index contributed by atoms with van der Waals surface area (Å²) in [4.78, 5) is 7.52. The first-order valence-corrected chi connectivity index (χ1v) is 5.41. The van der Waals surface area contributed by atoms with Gasteiger partial charge >= 0.3 is 0 Å². The Morgan fingerprint density at radius 2 is 2.20 bits per heavy atom. The molecule has 0 spiro atoms. The fourth-order valence-corrected chi connectivity index (χ4v) is 1.95. The molecule has 2 heteroatoms. The van der Waals surface area contributed by atoms with Crippen LogP contribution in [0, 0.1) is 6.92 Å². The molecule has 0 radical (unpaired) electrons. The number of hydrogen-bond acceptors (Lipinski definition) is 1. The molecule has 78 valence electrons. The number of H-pyrrole nitrogens is 1. The van der Waals surface area contributed by atoms with Gasteiger partial charge in [0.25, 0.3) is 0 Å². The molecule has 0 bridgehead atoms. The summed E-state index contributed by atoms with van der Waals surface area (Å²) >= 11 is 0. The highest BCUT2D eigenvalue weighted by Gasteiger charge is 2.08. The number of aromatic amines is 1. The number of benzene rings is 1. The number of nitrogens with one attached hydrogen (secondary N) is 1. The highest BCUT2D eigenvalue weighted by molar-refractivity contribution is 5.64. The van der Waals surface area contributed by atoms with E-state index in [1.54, 1.807) is 6.20 Å². The lowest BCUT2D eigenvalue weighted by Gasteiger charge is -2.09. The first-order chi connectivity index (χ1) is 7.33. The van der Waals surface area contributed by atoms with Crippen LogP contribution in [0.3, 0.4) is 0 Å². The van der Waals surface area contributed by atoms with Crippen LogP contribution in [0.25, 0.3) is 11.4 Å². The molecule has 1 N–H and O–H groups in total. The number of aryl methyl sites for hydroxylation is 2. The normalized spacial score (nSPS) is 10.5. The minimum Gasteiger partial charge on any atom is -0.345 e. The molecular weight excluding hydrogens is 184 g/mol. The van der Waals surface area contributed by atoms with Crippen molar-refractivity contribution in [2.45, 2.75) is 26.7 Å². The van der Waals surface area contributed by atoms with Crippen molar-refractivity contribution < 1.29 is 0 Å². The quantitative estimate of drug-likeness (QED) is 0.808. The summed E-state index contributed by atoms with van der Waals surface area (Å²) in [6.07, 6.45) is 5.95. The van der Waals surface area contributed by atoms with Gasteiger partial charge in [-0.15, -0.1) is 0 Å². The molecule has 0 saturated heterocycles. The van der Waals surface area contributed by atoms with Crippen molar-refractivity contribution in [3.63, 3.8) is 0 Å². The molecule has 2 rings (SSSR count). The molecule has 2 nitrogen and oxygen atoms in total. The molecule has 0 aliphatic carbocycles. The van der Waals surface area contributed by atoms with Gasteiger partial charge in [0, 0.05) is 18.0 Å². The van der Waals surface area contributed by atoms with Crippen molar-refractivity contribution in [2.75, 3.05) is 0 Å². The first kappa shape index (κ1) is 9.97. The van der Waals surface area contributed by atoms with Gasteiger partial charge in [-0.05, 0) is 24.5 Å². The maximum absolute atomic E-state index is 4.33. The van der Waals surface area contributed by atoms with Crippen molar-refractivity contribution in [2.24, 2.45) is 0 Å². The molecule has 0 aliphatic heterocycles. The minimum atomic E-state index is 0.983. The fourth-order valence-electron chi connectivity index (χ4n) is 1.95. The Morgan fingerprint density at radius 1 is 1.33 bits per heavy atom. The largest absolute Gasteiger partial charge is 0.345 e. The summed E-state index contributed by atoms with van der Waals surface area (Å²) in [6.45, 7) is 4.34. The van der Waals surface area contributed by atoms with Crippen molar-refractivity contribution in [3.05, 3.63) is 41.7 Å². The zero-order chi connectivity index (χ0) is 10.7. The lowest BCUT2D eigenvalue weighted by atomic mass is 9.98. The second kappa shape index (κ2) is 4.30. The van der Waals surface area contributed by atoms with Crippen molar-refractivity contribution in [1.29, 1.82) is 0 Å². The smallest absolute Gasteiger partial charge is 0.137 e. The van der Waals surface area contributed by atoms with Gasteiger partial charge in [-0.3, -0.25) is 0 Å². The summed E-state index contributed by atoms with van der Waals surface area (Å²) in [5.74, 6) is 0.983. The number of rotatable bonds is 3. The van der Waals surface area contributed by atoms with Gasteiger partial charge in [0.1, 0.15) is 5.82 Å². The van der Waals surface area contributed by atoms with Gasteiger partial charge in [0.2, 0.25) is 0 Å². The van der Waals surface area contributed by atoms with Crippen LogP contribution < -0.4 is 0 Å². The molecular formula is C13H16N2. The van der Waals surface area contributed by atoms with Gasteiger partial charge in [-0.25, -0.2) is 4.98 Å². The number of nitrogens with zero attached hydrogens (tertiary/aromatic N) is 1. The minimum absolute atomic E-state index is 0.983. The average molecular weight is 200 g/mol. The molecule has 0 fully saturated rings. The van der Waals surface area contributed by atoms with Crippen LogP contribution in [0.2, 0.25) is 0 Å². The molecule has 0 aliphatic rings. The Hall–Kier alpha value is -1.57. The van der Waals surface area contributed by atoms with Gasteiger partial charge in [-0.2, -0.15) is 0 Å². The maximum atomic E-state index is 4.33. The Bertz CT molecular complexity index is 430. The van der Waals surface area contributed by atoms with E-state index in [2.05, 4.69) is 42.0 Å². The third-order valence-corrected chi connectivity index (χ3v) is 2.61. The van der Waals surface area contributed by atoms with Gasteiger partial charge in [0.05, 0.1) is 0 Å². The van der Waals surface area contributed by atoms with Crippen LogP contribution in [-0.4, -0.2) is 9.97 Å². The summed E-state index contributed by atoms with van der Waals surface area (Å²) in [6, 6.07) is 6.44. The molecule has 0 saturated carbocycles. The Morgan fingerprint density at radius 3 is 2.87 bits per heavy atom. The van der Waals surface area contributed by atoms with Crippen LogP contribution >= 0.6 is 0 Å². The van der Waals surface area contributed by atoms with Crippen LogP contribution in [0.15, 0.2) is 30.6 Å². The van der Waals surface area contributed by atoms with E-state index in [0.29, 0.717) is 0 Å². The summed E-state index contributed by atoms with van der Waals surface area (Å²) in [5.41, 5.74) is 3.94. The lowest BCUT2D eigenvalue weighted by molar-refractivity contribution is 0.920. The fraction of sp³-hybridized carbons (Fsp3) is 0.308. The second-order valence-corrected chi connectivity index (χ2v) is 3.80. The van der Waals surface area contributed by atoms with Gasteiger partial charge < -0.3 is 4.98 Å². The Balaban J connectivity index is 2.52. The van der Waals surface area contributed by atoms with E-state index in [1.165, 1.54) is 16.7 Å². The summed E-state index contributed by atoms with van der Waals surface area (Å²) in [7, 11) is 0. The highest BCUT2D eigenvalue weighted by atomic mass is 14.9. The number of imidazole rings is 1. The van der Waals surface area contributed by atoms with Crippen LogP contribution in [0.1, 0.15) is 24.5 Å². The standard InChI is InChI=1S/C13H16N2/c1-3-5-11-7-4-6-10(2)12(11)13-14-8-9-15-13/h4,6-9H,3,5H2,1-2H3,(H,14,15). The van der Waals surface area contributed by atoms with E-state index in [9.17, 15) is 0 Å². The molecule has 1 aromatic heterocycles. The van der Waals surface area contributed by atoms with E-state index >= 15 is 0 Å². The molecule has 0 atom stereocenters.